The molecule has 0 unspecified atom stereocenters. The normalized spacial score (nSPS) is 15.4. The minimum absolute atomic E-state index is 0. The predicted molar refractivity (Wildman–Crippen MR) is 181 cm³/mol. The van der Waals surface area contributed by atoms with Gasteiger partial charge in [-0.15, -0.1) is 17.0 Å². The highest BCUT2D eigenvalue weighted by Crippen LogP contribution is 2.06. The van der Waals surface area contributed by atoms with Gasteiger partial charge in [0, 0.05) is 52.4 Å². The van der Waals surface area contributed by atoms with Crippen molar-refractivity contribution in [3.05, 3.63) is 108 Å². The fourth-order valence-corrected chi connectivity index (χ4v) is 4.87. The smallest absolute Gasteiger partial charge is 0.320 e. The summed E-state index contributed by atoms with van der Waals surface area (Å²) in [6, 6.07) is 28.8. The first-order chi connectivity index (χ1) is 22.0. The molecule has 4 rings (SSSR count). The van der Waals surface area contributed by atoms with Gasteiger partial charge in [-0.1, -0.05) is 91.0 Å². The van der Waals surface area contributed by atoms with Crippen molar-refractivity contribution < 1.29 is 28.6 Å². The predicted octanol–water partition coefficient (Wildman–Crippen LogP) is 3.30. The van der Waals surface area contributed by atoms with Crippen LogP contribution in [0.15, 0.2) is 91.0 Å². The Balaban J connectivity index is 0.00000576. The Kier molecular flexibility index (Phi) is 17.0. The molecule has 0 radical (unpaired) electrons. The van der Waals surface area contributed by atoms with Gasteiger partial charge in [0.1, 0.15) is 19.8 Å². The third-order valence-electron chi connectivity index (χ3n) is 7.46. The summed E-state index contributed by atoms with van der Waals surface area (Å²) < 4.78 is 16.6. The molecule has 1 aliphatic rings. The van der Waals surface area contributed by atoms with E-state index >= 15 is 0 Å². The molecule has 0 spiro atoms. The zero-order valence-corrected chi connectivity index (χ0v) is 28.0. The third-order valence-corrected chi connectivity index (χ3v) is 7.46. The largest absolute Gasteiger partial charge is 0.460 e. The van der Waals surface area contributed by atoms with Crippen LogP contribution in [-0.4, -0.2) is 105 Å². The molecule has 1 N–H and O–H groups in total. The third kappa shape index (κ3) is 14.7. The van der Waals surface area contributed by atoms with Crippen LogP contribution < -0.4 is 5.32 Å². The summed E-state index contributed by atoms with van der Waals surface area (Å²) in [7, 11) is 0. The number of nitrogens with one attached hydrogen (secondary N) is 1. The van der Waals surface area contributed by atoms with Crippen LogP contribution in [0.25, 0.3) is 0 Å². The highest BCUT2D eigenvalue weighted by atomic mass is 79.9. The standard InChI is InChI=1S/C35H44N4O6.BrH/c40-33(43-27-30-10-4-1-5-11-30)24-37-18-16-36-17-19-38(25-34(41)44-28-31-12-6-2-7-13-31)21-23-39(22-20-37)26-35(42)45-29-32-14-8-3-9-15-32;/h1-15,36H,16-29H2;1H. The molecule has 0 saturated carbocycles. The molecule has 0 aromatic heterocycles. The van der Waals surface area contributed by atoms with Crippen LogP contribution in [0.5, 0.6) is 0 Å². The minimum Gasteiger partial charge on any atom is -0.460 e. The second-order valence-electron chi connectivity index (χ2n) is 11.0. The molecule has 0 bridgehead atoms. The highest BCUT2D eigenvalue weighted by molar-refractivity contribution is 8.93. The molecule has 10 nitrogen and oxygen atoms in total. The van der Waals surface area contributed by atoms with Crippen molar-refractivity contribution in [1.29, 1.82) is 0 Å². The fourth-order valence-electron chi connectivity index (χ4n) is 4.87. The van der Waals surface area contributed by atoms with Gasteiger partial charge in [0.05, 0.1) is 19.6 Å². The SMILES string of the molecule is Br.O=C(CN1CCNCCN(CC(=O)OCc2ccccc2)CCN(CC(=O)OCc2ccccc2)CC1)OCc1ccccc1. The van der Waals surface area contributed by atoms with Crippen molar-refractivity contribution in [2.24, 2.45) is 0 Å². The van der Waals surface area contributed by atoms with E-state index in [-0.39, 0.29) is 74.3 Å². The molecule has 1 heterocycles. The number of rotatable bonds is 12. The lowest BCUT2D eigenvalue weighted by Gasteiger charge is -2.30. The molecule has 46 heavy (non-hydrogen) atoms. The minimum atomic E-state index is -0.324. The molecule has 0 atom stereocenters. The molecule has 248 valence electrons. The van der Waals surface area contributed by atoms with E-state index in [0.29, 0.717) is 52.4 Å². The molecular formula is C35H45BrN4O6. The van der Waals surface area contributed by atoms with Crippen molar-refractivity contribution in [1.82, 2.24) is 20.0 Å². The van der Waals surface area contributed by atoms with Crippen LogP contribution in [0.1, 0.15) is 16.7 Å². The summed E-state index contributed by atoms with van der Waals surface area (Å²) in [6.07, 6.45) is 0. The quantitative estimate of drug-likeness (QED) is 0.224. The van der Waals surface area contributed by atoms with E-state index in [1.165, 1.54) is 0 Å². The van der Waals surface area contributed by atoms with Crippen molar-refractivity contribution in [2.45, 2.75) is 19.8 Å². The number of ether oxygens (including phenoxy) is 3. The van der Waals surface area contributed by atoms with Crippen molar-refractivity contribution >= 4 is 34.9 Å². The second-order valence-corrected chi connectivity index (χ2v) is 11.0. The van der Waals surface area contributed by atoms with Gasteiger partial charge in [0.2, 0.25) is 0 Å². The number of esters is 3. The summed E-state index contributed by atoms with van der Waals surface area (Å²) in [5.41, 5.74) is 2.80. The maximum absolute atomic E-state index is 12.9. The van der Waals surface area contributed by atoms with Crippen LogP contribution in [0.2, 0.25) is 0 Å². The van der Waals surface area contributed by atoms with Crippen molar-refractivity contribution in [3.63, 3.8) is 0 Å². The molecule has 11 heteroatoms. The van der Waals surface area contributed by atoms with Crippen LogP contribution in [0, 0.1) is 0 Å². The first kappa shape index (κ1) is 36.9. The van der Waals surface area contributed by atoms with E-state index in [9.17, 15) is 14.4 Å². The monoisotopic (exact) mass is 696 g/mol. The molecule has 1 aliphatic heterocycles. The Labute approximate surface area is 282 Å². The van der Waals surface area contributed by atoms with E-state index in [1.54, 1.807) is 0 Å². The summed E-state index contributed by atoms with van der Waals surface area (Å²) in [6.45, 7) is 5.87. The van der Waals surface area contributed by atoms with Gasteiger partial charge in [0.25, 0.3) is 0 Å². The zero-order valence-electron chi connectivity index (χ0n) is 26.3. The topological polar surface area (TPSA) is 101 Å². The van der Waals surface area contributed by atoms with Gasteiger partial charge in [-0.3, -0.25) is 29.1 Å². The van der Waals surface area contributed by atoms with Gasteiger partial charge in [-0.05, 0) is 16.7 Å². The second kappa shape index (κ2) is 21.2. The lowest BCUT2D eigenvalue weighted by atomic mass is 10.2. The van der Waals surface area contributed by atoms with Crippen LogP contribution >= 0.6 is 17.0 Å². The Morgan fingerprint density at radius 2 is 0.761 bits per heavy atom. The average Bonchev–Trinajstić information content (AvgIpc) is 3.06. The van der Waals surface area contributed by atoms with Crippen LogP contribution in [-0.2, 0) is 48.4 Å². The van der Waals surface area contributed by atoms with E-state index in [0.717, 1.165) is 16.7 Å². The van der Waals surface area contributed by atoms with Crippen LogP contribution in [0.3, 0.4) is 0 Å². The molecule has 0 aliphatic carbocycles. The lowest BCUT2D eigenvalue weighted by Crippen LogP contribution is -2.48. The number of halogens is 1. The van der Waals surface area contributed by atoms with Crippen LogP contribution in [0.4, 0.5) is 0 Å². The lowest BCUT2D eigenvalue weighted by molar-refractivity contribution is -0.148. The first-order valence-corrected chi connectivity index (χ1v) is 15.5. The summed E-state index contributed by atoms with van der Waals surface area (Å²) in [5, 5.41) is 3.43. The van der Waals surface area contributed by atoms with Gasteiger partial charge in [-0.2, -0.15) is 0 Å². The van der Waals surface area contributed by atoms with Gasteiger partial charge in [-0.25, -0.2) is 0 Å². The number of benzene rings is 3. The average molecular weight is 698 g/mol. The molecule has 3 aromatic carbocycles. The molecule has 3 aromatic rings. The number of nitrogens with zero attached hydrogens (tertiary/aromatic N) is 3. The van der Waals surface area contributed by atoms with Crippen molar-refractivity contribution in [2.75, 3.05) is 72.0 Å². The van der Waals surface area contributed by atoms with E-state index in [4.69, 9.17) is 14.2 Å². The summed E-state index contributed by atoms with van der Waals surface area (Å²) >= 11 is 0. The Bertz CT molecular complexity index is 1230. The highest BCUT2D eigenvalue weighted by Gasteiger charge is 2.20. The molecular weight excluding hydrogens is 652 g/mol. The Morgan fingerprint density at radius 1 is 0.478 bits per heavy atom. The van der Waals surface area contributed by atoms with E-state index < -0.39 is 0 Å². The van der Waals surface area contributed by atoms with Gasteiger partial charge < -0.3 is 19.5 Å². The zero-order chi connectivity index (χ0) is 31.5. The number of carbonyl (C=O) groups excluding carboxylic acids is 3. The van der Waals surface area contributed by atoms with Gasteiger partial charge >= 0.3 is 17.9 Å². The van der Waals surface area contributed by atoms with E-state index in [2.05, 4.69) is 5.32 Å². The Hall–Kier alpha value is -3.61. The van der Waals surface area contributed by atoms with Gasteiger partial charge in [0.15, 0.2) is 0 Å². The summed E-state index contributed by atoms with van der Waals surface area (Å²) in [4.78, 5) is 44.4. The molecule has 1 saturated heterocycles. The maximum Gasteiger partial charge on any atom is 0.320 e. The van der Waals surface area contributed by atoms with Crippen molar-refractivity contribution in [3.8, 4) is 0 Å². The number of carbonyl (C=O) groups is 3. The summed E-state index contributed by atoms with van der Waals surface area (Å²) in [5.74, 6) is -0.907. The number of hydrogen-bond acceptors (Lipinski definition) is 10. The molecule has 0 amide bonds. The first-order valence-electron chi connectivity index (χ1n) is 15.5. The van der Waals surface area contributed by atoms with E-state index in [1.807, 2.05) is 106 Å². The molecule has 1 fully saturated rings. The number of hydrogen-bond donors (Lipinski definition) is 1. The Morgan fingerprint density at radius 3 is 1.07 bits per heavy atom. The fraction of sp³-hybridized carbons (Fsp3) is 0.400. The maximum atomic E-state index is 12.9.